The van der Waals surface area contributed by atoms with Crippen LogP contribution in [0.3, 0.4) is 0 Å². The number of piperazine rings is 1. The summed E-state index contributed by atoms with van der Waals surface area (Å²) in [5, 5.41) is 2.97. The quantitative estimate of drug-likeness (QED) is 0.549. The molecule has 1 aliphatic rings. The number of amides is 2. The Balaban J connectivity index is 1.48. The summed E-state index contributed by atoms with van der Waals surface area (Å²) in [5.41, 5.74) is 4.11. The first kappa shape index (κ1) is 24.3. The molecule has 0 unspecified atom stereocenters. The van der Waals surface area contributed by atoms with E-state index in [2.05, 4.69) is 41.4 Å². The first-order valence-corrected chi connectivity index (χ1v) is 12.0. The number of anilines is 2. The summed E-state index contributed by atoms with van der Waals surface area (Å²) in [7, 11) is 3.17. The summed E-state index contributed by atoms with van der Waals surface area (Å²) in [6.07, 6.45) is 1.64. The number of aromatic nitrogens is 2. The summed E-state index contributed by atoms with van der Waals surface area (Å²) in [6, 6.07) is 15.6. The number of carbonyl (C=O) groups excluding carboxylic acids is 1. The molecule has 0 spiro atoms. The molecular weight excluding hydrogens is 442 g/mol. The number of hydrogen-bond donors (Lipinski definition) is 1. The Morgan fingerprint density at radius 1 is 1.00 bits per heavy atom. The Hall–Kier alpha value is -3.81. The van der Waals surface area contributed by atoms with Gasteiger partial charge in [0.05, 0.1) is 19.9 Å². The van der Waals surface area contributed by atoms with Crippen molar-refractivity contribution in [3.8, 4) is 11.5 Å². The predicted molar refractivity (Wildman–Crippen MR) is 138 cm³/mol. The summed E-state index contributed by atoms with van der Waals surface area (Å²) >= 11 is 0. The third-order valence-corrected chi connectivity index (χ3v) is 6.26. The van der Waals surface area contributed by atoms with Crippen molar-refractivity contribution in [1.82, 2.24) is 14.9 Å². The van der Waals surface area contributed by atoms with Gasteiger partial charge in [0.25, 0.3) is 0 Å². The lowest BCUT2D eigenvalue weighted by Gasteiger charge is -2.36. The maximum atomic E-state index is 13.0. The molecule has 1 aliphatic heterocycles. The van der Waals surface area contributed by atoms with Gasteiger partial charge in [-0.2, -0.15) is 0 Å². The number of carbonyl (C=O) groups is 1. The SMILES string of the molecule is CCc1nc(C)nc(N2CCN(C(=O)Nc3ccc(OC)cc3OC)CC2)c1Cc1ccccc1. The lowest BCUT2D eigenvalue weighted by atomic mass is 10.0. The fraction of sp³-hybridized carbons (Fsp3) is 0.370. The van der Waals surface area contributed by atoms with Crippen LogP contribution in [0, 0.1) is 6.92 Å². The topological polar surface area (TPSA) is 79.8 Å². The van der Waals surface area contributed by atoms with Crippen LogP contribution in [-0.4, -0.2) is 61.3 Å². The zero-order valence-corrected chi connectivity index (χ0v) is 20.9. The molecular formula is C27H33N5O3. The molecule has 2 amide bonds. The summed E-state index contributed by atoms with van der Waals surface area (Å²) in [6.45, 7) is 6.68. The second-order valence-electron chi connectivity index (χ2n) is 8.51. The highest BCUT2D eigenvalue weighted by atomic mass is 16.5. The average Bonchev–Trinajstić information content (AvgIpc) is 2.90. The maximum absolute atomic E-state index is 13.0. The largest absolute Gasteiger partial charge is 0.497 e. The van der Waals surface area contributed by atoms with E-state index in [1.165, 1.54) is 11.1 Å². The van der Waals surface area contributed by atoms with Gasteiger partial charge in [-0.05, 0) is 31.0 Å². The minimum atomic E-state index is -0.147. The Labute approximate surface area is 206 Å². The molecule has 0 bridgehead atoms. The molecule has 35 heavy (non-hydrogen) atoms. The number of hydrogen-bond acceptors (Lipinski definition) is 6. The van der Waals surface area contributed by atoms with Gasteiger partial charge in [0.15, 0.2) is 0 Å². The molecule has 3 aromatic rings. The smallest absolute Gasteiger partial charge is 0.322 e. The highest BCUT2D eigenvalue weighted by Gasteiger charge is 2.25. The number of rotatable bonds is 7. The zero-order valence-electron chi connectivity index (χ0n) is 20.9. The normalized spacial score (nSPS) is 13.5. The van der Waals surface area contributed by atoms with Crippen LogP contribution < -0.4 is 19.7 Å². The number of ether oxygens (including phenoxy) is 2. The maximum Gasteiger partial charge on any atom is 0.322 e. The van der Waals surface area contributed by atoms with E-state index in [1.54, 1.807) is 32.4 Å². The van der Waals surface area contributed by atoms with Gasteiger partial charge in [-0.3, -0.25) is 0 Å². The third-order valence-electron chi connectivity index (χ3n) is 6.26. The fourth-order valence-corrected chi connectivity index (χ4v) is 4.39. The van der Waals surface area contributed by atoms with Gasteiger partial charge < -0.3 is 24.6 Å². The van der Waals surface area contributed by atoms with Crippen LogP contribution in [-0.2, 0) is 12.8 Å². The molecule has 4 rings (SSSR count). The lowest BCUT2D eigenvalue weighted by Crippen LogP contribution is -2.50. The Morgan fingerprint density at radius 3 is 2.40 bits per heavy atom. The van der Waals surface area contributed by atoms with Crippen LogP contribution in [0.2, 0.25) is 0 Å². The van der Waals surface area contributed by atoms with Crippen LogP contribution in [0.5, 0.6) is 11.5 Å². The summed E-state index contributed by atoms with van der Waals surface area (Å²) in [4.78, 5) is 26.7. The van der Waals surface area contributed by atoms with Gasteiger partial charge in [-0.1, -0.05) is 37.3 Å². The van der Waals surface area contributed by atoms with E-state index >= 15 is 0 Å². The van der Waals surface area contributed by atoms with E-state index < -0.39 is 0 Å². The molecule has 1 saturated heterocycles. The van der Waals surface area contributed by atoms with Crippen molar-refractivity contribution in [2.24, 2.45) is 0 Å². The van der Waals surface area contributed by atoms with Crippen LogP contribution in [0.1, 0.15) is 29.6 Å². The Kier molecular flexibility index (Phi) is 7.70. The number of nitrogens with zero attached hydrogens (tertiary/aromatic N) is 4. The van der Waals surface area contributed by atoms with E-state index in [4.69, 9.17) is 19.4 Å². The van der Waals surface area contributed by atoms with Crippen LogP contribution in [0.15, 0.2) is 48.5 Å². The number of nitrogens with one attached hydrogen (secondary N) is 1. The van der Waals surface area contributed by atoms with Crippen LogP contribution in [0.25, 0.3) is 0 Å². The molecule has 1 N–H and O–H groups in total. The third kappa shape index (κ3) is 5.65. The zero-order chi connectivity index (χ0) is 24.8. The molecule has 8 heteroatoms. The lowest BCUT2D eigenvalue weighted by molar-refractivity contribution is 0.208. The van der Waals surface area contributed by atoms with Crippen molar-refractivity contribution in [1.29, 1.82) is 0 Å². The summed E-state index contributed by atoms with van der Waals surface area (Å²) < 4.78 is 10.6. The first-order chi connectivity index (χ1) is 17.0. The van der Waals surface area contributed by atoms with E-state index in [-0.39, 0.29) is 6.03 Å². The molecule has 1 fully saturated rings. The molecule has 8 nitrogen and oxygen atoms in total. The van der Waals surface area contributed by atoms with Crippen molar-refractivity contribution >= 4 is 17.5 Å². The average molecular weight is 476 g/mol. The van der Waals surface area contributed by atoms with E-state index in [0.29, 0.717) is 43.4 Å². The highest BCUT2D eigenvalue weighted by molar-refractivity contribution is 5.91. The van der Waals surface area contributed by atoms with Crippen molar-refractivity contribution in [3.05, 3.63) is 71.2 Å². The molecule has 2 heterocycles. The van der Waals surface area contributed by atoms with Gasteiger partial charge in [0.2, 0.25) is 0 Å². The number of urea groups is 1. The number of methoxy groups -OCH3 is 2. The van der Waals surface area contributed by atoms with Crippen LogP contribution >= 0.6 is 0 Å². The van der Waals surface area contributed by atoms with E-state index in [1.807, 2.05) is 17.9 Å². The molecule has 2 aromatic carbocycles. The van der Waals surface area contributed by atoms with Crippen molar-refractivity contribution < 1.29 is 14.3 Å². The molecule has 0 atom stereocenters. The number of aryl methyl sites for hydroxylation is 2. The molecule has 1 aromatic heterocycles. The minimum absolute atomic E-state index is 0.147. The highest BCUT2D eigenvalue weighted by Crippen LogP contribution is 2.30. The molecule has 0 aliphatic carbocycles. The van der Waals surface area contributed by atoms with E-state index in [0.717, 1.165) is 30.2 Å². The Bertz CT molecular complexity index is 1160. The van der Waals surface area contributed by atoms with Gasteiger partial charge >= 0.3 is 6.03 Å². The van der Waals surface area contributed by atoms with Crippen molar-refractivity contribution in [3.63, 3.8) is 0 Å². The van der Waals surface area contributed by atoms with E-state index in [9.17, 15) is 4.79 Å². The second kappa shape index (κ2) is 11.1. The first-order valence-electron chi connectivity index (χ1n) is 12.0. The fourth-order valence-electron chi connectivity index (χ4n) is 4.39. The second-order valence-corrected chi connectivity index (χ2v) is 8.51. The van der Waals surface area contributed by atoms with Gasteiger partial charge in [-0.25, -0.2) is 14.8 Å². The van der Waals surface area contributed by atoms with Gasteiger partial charge in [0.1, 0.15) is 23.1 Å². The summed E-state index contributed by atoms with van der Waals surface area (Å²) in [5.74, 6) is 2.99. The van der Waals surface area contributed by atoms with Crippen molar-refractivity contribution in [2.75, 3.05) is 50.6 Å². The monoisotopic (exact) mass is 475 g/mol. The Morgan fingerprint density at radius 2 is 1.74 bits per heavy atom. The standard InChI is InChI=1S/C27H33N5O3/c1-5-23-22(17-20-9-7-6-8-10-20)26(29-19(2)28-23)31-13-15-32(16-14-31)27(33)30-24-12-11-21(34-3)18-25(24)35-4/h6-12,18H,5,13-17H2,1-4H3,(H,30,33). The molecule has 0 radical (unpaired) electrons. The minimum Gasteiger partial charge on any atom is -0.497 e. The predicted octanol–water partition coefficient (Wildman–Crippen LogP) is 4.31. The van der Waals surface area contributed by atoms with Crippen molar-refractivity contribution in [2.45, 2.75) is 26.7 Å². The van der Waals surface area contributed by atoms with Gasteiger partial charge in [-0.15, -0.1) is 0 Å². The van der Waals surface area contributed by atoms with Gasteiger partial charge in [0, 0.05) is 49.9 Å². The number of benzene rings is 2. The molecule has 0 saturated carbocycles. The van der Waals surface area contributed by atoms with Crippen LogP contribution in [0.4, 0.5) is 16.3 Å². The molecule has 184 valence electrons.